The molecule has 3 N–H and O–H groups in total. The van der Waals surface area contributed by atoms with E-state index in [-0.39, 0.29) is 6.04 Å². The predicted octanol–water partition coefficient (Wildman–Crippen LogP) is 2.46. The van der Waals surface area contributed by atoms with Crippen LogP contribution in [0.15, 0.2) is 42.6 Å². The van der Waals surface area contributed by atoms with Crippen molar-refractivity contribution in [2.24, 2.45) is 0 Å². The van der Waals surface area contributed by atoms with Crippen LogP contribution in [0.1, 0.15) is 5.56 Å². The van der Waals surface area contributed by atoms with Gasteiger partial charge in [0.2, 0.25) is 0 Å². The van der Waals surface area contributed by atoms with E-state index in [4.69, 9.17) is 0 Å². The lowest BCUT2D eigenvalue weighted by molar-refractivity contribution is -0.137. The first kappa shape index (κ1) is 17.6. The number of hydrogen-bond donors (Lipinski definition) is 3. The summed E-state index contributed by atoms with van der Waals surface area (Å²) in [5.74, 6) is 0.425. The first-order chi connectivity index (χ1) is 12.9. The molecule has 1 saturated heterocycles. The summed E-state index contributed by atoms with van der Waals surface area (Å²) in [6, 6.07) is 8.08. The zero-order chi connectivity index (χ0) is 19.0. The van der Waals surface area contributed by atoms with Crippen molar-refractivity contribution in [1.82, 2.24) is 20.5 Å². The number of rotatable bonds is 3. The summed E-state index contributed by atoms with van der Waals surface area (Å²) in [4.78, 5) is 4.34. The van der Waals surface area contributed by atoms with E-state index in [0.29, 0.717) is 41.1 Å². The third-order valence-corrected chi connectivity index (χ3v) is 4.53. The largest absolute Gasteiger partial charge is 0.416 e. The summed E-state index contributed by atoms with van der Waals surface area (Å²) in [6.45, 7) is 1.07. The van der Waals surface area contributed by atoms with Crippen molar-refractivity contribution in [2.75, 3.05) is 18.4 Å². The number of β-amino-alcohol motifs (C(OH)–C–C–N with tert-alkyl or cyclic N) is 1. The normalized spacial score (nSPS) is 20.1. The number of fused-ring (bicyclic) bond motifs is 1. The van der Waals surface area contributed by atoms with Crippen molar-refractivity contribution in [3.8, 4) is 11.3 Å². The van der Waals surface area contributed by atoms with Crippen LogP contribution >= 0.6 is 0 Å². The molecule has 1 fully saturated rings. The molecule has 0 unspecified atom stereocenters. The molecule has 6 nitrogen and oxygen atoms in total. The van der Waals surface area contributed by atoms with Crippen LogP contribution in [0.2, 0.25) is 0 Å². The van der Waals surface area contributed by atoms with Crippen LogP contribution in [0.5, 0.6) is 0 Å². The standard InChI is InChI=1S/C18H16F3N5O/c19-18(20,21)11-5-3-10(4-6-11)15-12-2-1-7-23-16(12)17(26-25-15)24-13-8-22-9-14(13)27/h1-7,13-14,22,27H,8-9H2,(H,24,26)/t13-,14+/m1/s1. The number of anilines is 1. The van der Waals surface area contributed by atoms with Crippen LogP contribution in [0.25, 0.3) is 22.2 Å². The smallest absolute Gasteiger partial charge is 0.390 e. The lowest BCUT2D eigenvalue weighted by atomic mass is 10.0. The zero-order valence-corrected chi connectivity index (χ0v) is 14.0. The van der Waals surface area contributed by atoms with Crippen LogP contribution in [0, 0.1) is 0 Å². The monoisotopic (exact) mass is 375 g/mol. The predicted molar refractivity (Wildman–Crippen MR) is 94.1 cm³/mol. The molecule has 4 rings (SSSR count). The Hall–Kier alpha value is -2.78. The molecule has 2 aromatic heterocycles. The summed E-state index contributed by atoms with van der Waals surface area (Å²) < 4.78 is 38.3. The van der Waals surface area contributed by atoms with Gasteiger partial charge in [0.1, 0.15) is 11.2 Å². The van der Waals surface area contributed by atoms with Crippen molar-refractivity contribution in [3.05, 3.63) is 48.2 Å². The van der Waals surface area contributed by atoms with Gasteiger partial charge in [-0.25, -0.2) is 0 Å². The summed E-state index contributed by atoms with van der Waals surface area (Å²) in [6.07, 6.45) is -3.34. The van der Waals surface area contributed by atoms with Gasteiger partial charge >= 0.3 is 6.18 Å². The highest BCUT2D eigenvalue weighted by Gasteiger charge is 2.30. The quantitative estimate of drug-likeness (QED) is 0.652. The Morgan fingerprint density at radius 1 is 1.07 bits per heavy atom. The number of halogens is 3. The molecule has 0 radical (unpaired) electrons. The number of aliphatic hydroxyl groups is 1. The average molecular weight is 375 g/mol. The third-order valence-electron chi connectivity index (χ3n) is 4.53. The van der Waals surface area contributed by atoms with Crippen molar-refractivity contribution < 1.29 is 18.3 Å². The highest BCUT2D eigenvalue weighted by atomic mass is 19.4. The van der Waals surface area contributed by atoms with Gasteiger partial charge in [-0.3, -0.25) is 4.98 Å². The lowest BCUT2D eigenvalue weighted by Gasteiger charge is -2.17. The van der Waals surface area contributed by atoms with Crippen molar-refractivity contribution in [2.45, 2.75) is 18.3 Å². The molecule has 0 saturated carbocycles. The van der Waals surface area contributed by atoms with E-state index in [1.807, 2.05) is 0 Å². The van der Waals surface area contributed by atoms with Gasteiger partial charge in [-0.1, -0.05) is 12.1 Å². The van der Waals surface area contributed by atoms with E-state index < -0.39 is 17.8 Å². The van der Waals surface area contributed by atoms with E-state index in [1.165, 1.54) is 12.1 Å². The molecule has 27 heavy (non-hydrogen) atoms. The topological polar surface area (TPSA) is 83.0 Å². The molecule has 0 bridgehead atoms. The van der Waals surface area contributed by atoms with Gasteiger partial charge in [0, 0.05) is 30.2 Å². The van der Waals surface area contributed by atoms with E-state index >= 15 is 0 Å². The Morgan fingerprint density at radius 3 is 2.52 bits per heavy atom. The molecule has 0 aliphatic carbocycles. The minimum atomic E-state index is -4.39. The Balaban J connectivity index is 1.73. The molecule has 0 amide bonds. The maximum absolute atomic E-state index is 12.8. The molecule has 2 atom stereocenters. The van der Waals surface area contributed by atoms with Gasteiger partial charge in [0.05, 0.1) is 17.7 Å². The van der Waals surface area contributed by atoms with E-state index in [1.54, 1.807) is 18.3 Å². The Kier molecular flexibility index (Phi) is 4.40. The fraction of sp³-hybridized carbons (Fsp3) is 0.278. The van der Waals surface area contributed by atoms with Crippen molar-refractivity contribution in [3.63, 3.8) is 0 Å². The number of aromatic nitrogens is 3. The van der Waals surface area contributed by atoms with E-state index in [0.717, 1.165) is 12.1 Å². The minimum Gasteiger partial charge on any atom is -0.390 e. The van der Waals surface area contributed by atoms with E-state index in [9.17, 15) is 18.3 Å². The molecule has 3 aromatic rings. The summed E-state index contributed by atoms with van der Waals surface area (Å²) >= 11 is 0. The second-order valence-corrected chi connectivity index (χ2v) is 6.35. The zero-order valence-electron chi connectivity index (χ0n) is 14.0. The fourth-order valence-corrected chi connectivity index (χ4v) is 3.10. The maximum Gasteiger partial charge on any atom is 0.416 e. The molecule has 1 aliphatic rings. The molecule has 1 aliphatic heterocycles. The van der Waals surface area contributed by atoms with Crippen LogP contribution in [-0.2, 0) is 6.18 Å². The summed E-state index contributed by atoms with van der Waals surface area (Å²) in [5.41, 5.74) is 0.786. The molecular weight excluding hydrogens is 359 g/mol. The third kappa shape index (κ3) is 3.43. The van der Waals surface area contributed by atoms with Gasteiger partial charge in [0.25, 0.3) is 0 Å². The second-order valence-electron chi connectivity index (χ2n) is 6.35. The number of alkyl halides is 3. The molecule has 3 heterocycles. The molecule has 0 spiro atoms. The first-order valence-corrected chi connectivity index (χ1v) is 8.38. The number of hydrogen-bond acceptors (Lipinski definition) is 6. The van der Waals surface area contributed by atoms with Crippen molar-refractivity contribution in [1.29, 1.82) is 0 Å². The lowest BCUT2D eigenvalue weighted by Crippen LogP contribution is -2.32. The van der Waals surface area contributed by atoms with Gasteiger partial charge in [-0.2, -0.15) is 13.2 Å². The Labute approximate surface area is 152 Å². The highest BCUT2D eigenvalue weighted by Crippen LogP contribution is 2.33. The van der Waals surface area contributed by atoms with Gasteiger partial charge < -0.3 is 15.7 Å². The van der Waals surface area contributed by atoms with E-state index in [2.05, 4.69) is 25.8 Å². The molecular formula is C18H16F3N5O. The fourth-order valence-electron chi connectivity index (χ4n) is 3.10. The number of aliphatic hydroxyl groups excluding tert-OH is 1. The van der Waals surface area contributed by atoms with Gasteiger partial charge in [-0.05, 0) is 24.3 Å². The first-order valence-electron chi connectivity index (χ1n) is 8.38. The molecule has 9 heteroatoms. The molecule has 140 valence electrons. The van der Waals surface area contributed by atoms with Crippen molar-refractivity contribution >= 4 is 16.7 Å². The Morgan fingerprint density at radius 2 is 1.85 bits per heavy atom. The van der Waals surface area contributed by atoms with Gasteiger partial charge in [-0.15, -0.1) is 10.2 Å². The molecule has 1 aromatic carbocycles. The maximum atomic E-state index is 12.8. The minimum absolute atomic E-state index is 0.221. The highest BCUT2D eigenvalue weighted by molar-refractivity contribution is 5.97. The number of nitrogens with zero attached hydrogens (tertiary/aromatic N) is 3. The summed E-state index contributed by atoms with van der Waals surface area (Å²) in [5, 5.41) is 25.2. The Bertz CT molecular complexity index is 961. The van der Waals surface area contributed by atoms with Crippen LogP contribution in [-0.4, -0.2) is 45.5 Å². The second kappa shape index (κ2) is 6.75. The van der Waals surface area contributed by atoms with Crippen LogP contribution in [0.4, 0.5) is 19.0 Å². The van der Waals surface area contributed by atoms with Crippen LogP contribution < -0.4 is 10.6 Å². The number of benzene rings is 1. The number of pyridine rings is 1. The number of nitrogens with one attached hydrogen (secondary N) is 2. The van der Waals surface area contributed by atoms with Gasteiger partial charge in [0.15, 0.2) is 5.82 Å². The average Bonchev–Trinajstić information content (AvgIpc) is 3.06. The summed E-state index contributed by atoms with van der Waals surface area (Å²) in [7, 11) is 0. The van der Waals surface area contributed by atoms with Crippen LogP contribution in [0.3, 0.4) is 0 Å². The SMILES string of the molecule is O[C@H]1CNC[C@H]1Nc1nnc(-c2ccc(C(F)(F)F)cc2)c2cccnc12.